The van der Waals surface area contributed by atoms with E-state index in [0.29, 0.717) is 5.52 Å². The number of carbonyl (C=O) groups is 1. The molecule has 0 atom stereocenters. The maximum Gasteiger partial charge on any atom is 0.358 e. The van der Waals surface area contributed by atoms with Gasteiger partial charge in [0.15, 0.2) is 17.3 Å². The van der Waals surface area contributed by atoms with Gasteiger partial charge >= 0.3 is 5.97 Å². The number of hydrogen-bond acceptors (Lipinski definition) is 3. The van der Waals surface area contributed by atoms with Crippen LogP contribution < -0.4 is 0 Å². The summed E-state index contributed by atoms with van der Waals surface area (Å²) in [5.74, 6) is -1.63. The Morgan fingerprint density at radius 2 is 2.22 bits per heavy atom. The Morgan fingerprint density at radius 1 is 1.39 bits per heavy atom. The van der Waals surface area contributed by atoms with Crippen LogP contribution in [0.15, 0.2) is 35.0 Å². The Kier molecular flexibility index (Phi) is 2.16. The monoisotopic (exact) mass is 246 g/mol. The van der Waals surface area contributed by atoms with Crippen molar-refractivity contribution in [2.75, 3.05) is 0 Å². The van der Waals surface area contributed by atoms with Crippen LogP contribution in [0.2, 0.25) is 0 Å². The number of halogens is 1. The number of rotatable bonds is 2. The number of aromatic carboxylic acids is 1. The third kappa shape index (κ3) is 1.46. The van der Waals surface area contributed by atoms with Gasteiger partial charge in [-0.15, -0.1) is 0 Å². The van der Waals surface area contributed by atoms with E-state index in [1.165, 1.54) is 12.1 Å². The molecule has 0 fully saturated rings. The molecule has 0 radical (unpaired) electrons. The summed E-state index contributed by atoms with van der Waals surface area (Å²) in [6.45, 7) is 0. The Labute approximate surface area is 99.8 Å². The highest BCUT2D eigenvalue weighted by Crippen LogP contribution is 2.28. The molecule has 6 heteroatoms. The molecule has 0 bridgehead atoms. The molecule has 2 heterocycles. The third-order valence-electron chi connectivity index (χ3n) is 2.66. The summed E-state index contributed by atoms with van der Waals surface area (Å²) in [4.78, 5) is 13.5. The van der Waals surface area contributed by atoms with E-state index in [-0.39, 0.29) is 17.0 Å². The molecule has 2 aromatic heterocycles. The Hall–Kier alpha value is -2.63. The number of nitrogens with one attached hydrogen (secondary N) is 1. The van der Waals surface area contributed by atoms with Gasteiger partial charge < -0.3 is 14.6 Å². The molecule has 0 saturated carbocycles. The fraction of sp³-hybridized carbons (Fsp3) is 0. The maximum absolute atomic E-state index is 14.1. The molecule has 2 N–H and O–H groups in total. The SMILES string of the molecule is O=C(O)c1cc(-c2ccc3cc[nH]c3c2F)on1. The quantitative estimate of drug-likeness (QED) is 0.728. The molecule has 0 spiro atoms. The van der Waals surface area contributed by atoms with Gasteiger partial charge in [0.1, 0.15) is 0 Å². The number of hydrogen-bond donors (Lipinski definition) is 2. The van der Waals surface area contributed by atoms with Gasteiger partial charge in [-0.05, 0) is 12.1 Å². The lowest BCUT2D eigenvalue weighted by molar-refractivity contribution is 0.0686. The van der Waals surface area contributed by atoms with Crippen LogP contribution in [0.4, 0.5) is 4.39 Å². The van der Waals surface area contributed by atoms with Crippen LogP contribution in [-0.4, -0.2) is 21.2 Å². The first kappa shape index (κ1) is 10.5. The number of nitrogens with zero attached hydrogens (tertiary/aromatic N) is 1. The predicted molar refractivity (Wildman–Crippen MR) is 60.7 cm³/mol. The minimum absolute atomic E-state index is 0.0846. The summed E-state index contributed by atoms with van der Waals surface area (Å²) in [5, 5.41) is 12.8. The van der Waals surface area contributed by atoms with Gasteiger partial charge in [-0.2, -0.15) is 0 Å². The minimum Gasteiger partial charge on any atom is -0.476 e. The molecule has 0 saturated heterocycles. The Bertz CT molecular complexity index is 745. The molecule has 90 valence electrons. The maximum atomic E-state index is 14.1. The summed E-state index contributed by atoms with van der Waals surface area (Å²) in [6, 6.07) is 6.17. The smallest absolute Gasteiger partial charge is 0.358 e. The number of carboxylic acid groups (broad SMARTS) is 1. The first-order chi connectivity index (χ1) is 8.66. The lowest BCUT2D eigenvalue weighted by Gasteiger charge is -1.99. The second-order valence-electron chi connectivity index (χ2n) is 3.75. The molecule has 18 heavy (non-hydrogen) atoms. The van der Waals surface area contributed by atoms with E-state index in [1.807, 2.05) is 0 Å². The number of aromatic nitrogens is 2. The summed E-state index contributed by atoms with van der Waals surface area (Å²) in [5.41, 5.74) is 0.265. The fourth-order valence-corrected chi connectivity index (χ4v) is 1.78. The lowest BCUT2D eigenvalue weighted by atomic mass is 10.1. The standard InChI is InChI=1S/C12H7FN2O3/c13-10-7(2-1-6-3-4-14-11(6)10)9-5-8(12(16)17)15-18-9/h1-5,14H,(H,16,17). The molecular weight excluding hydrogens is 239 g/mol. The van der Waals surface area contributed by atoms with Crippen molar-refractivity contribution in [2.24, 2.45) is 0 Å². The van der Waals surface area contributed by atoms with E-state index in [4.69, 9.17) is 9.63 Å². The van der Waals surface area contributed by atoms with Gasteiger partial charge in [-0.3, -0.25) is 0 Å². The highest BCUT2D eigenvalue weighted by molar-refractivity contribution is 5.88. The zero-order chi connectivity index (χ0) is 12.7. The van der Waals surface area contributed by atoms with Gasteiger partial charge in [0, 0.05) is 17.6 Å². The first-order valence-electron chi connectivity index (χ1n) is 5.13. The Morgan fingerprint density at radius 3 is 2.94 bits per heavy atom. The van der Waals surface area contributed by atoms with E-state index in [2.05, 4.69) is 10.1 Å². The molecule has 1 aromatic carbocycles. The van der Waals surface area contributed by atoms with Crippen molar-refractivity contribution in [2.45, 2.75) is 0 Å². The van der Waals surface area contributed by atoms with E-state index >= 15 is 0 Å². The highest BCUT2D eigenvalue weighted by atomic mass is 19.1. The van der Waals surface area contributed by atoms with Gasteiger partial charge in [-0.1, -0.05) is 11.2 Å². The molecule has 0 amide bonds. The van der Waals surface area contributed by atoms with Crippen molar-refractivity contribution >= 4 is 16.9 Å². The molecule has 3 aromatic rings. The molecule has 0 unspecified atom stereocenters. The molecule has 3 rings (SSSR count). The number of fused-ring (bicyclic) bond motifs is 1. The third-order valence-corrected chi connectivity index (χ3v) is 2.66. The van der Waals surface area contributed by atoms with Crippen LogP contribution in [0, 0.1) is 5.82 Å². The average molecular weight is 246 g/mol. The van der Waals surface area contributed by atoms with Crippen molar-refractivity contribution in [3.63, 3.8) is 0 Å². The van der Waals surface area contributed by atoms with E-state index < -0.39 is 11.8 Å². The number of benzene rings is 1. The highest BCUT2D eigenvalue weighted by Gasteiger charge is 2.17. The van der Waals surface area contributed by atoms with Gasteiger partial charge in [-0.25, -0.2) is 9.18 Å². The lowest BCUT2D eigenvalue weighted by Crippen LogP contribution is -1.94. The van der Waals surface area contributed by atoms with Crippen LogP contribution in [0.3, 0.4) is 0 Å². The summed E-state index contributed by atoms with van der Waals surface area (Å²) >= 11 is 0. The van der Waals surface area contributed by atoms with Crippen molar-refractivity contribution in [1.82, 2.24) is 10.1 Å². The number of H-pyrrole nitrogens is 1. The average Bonchev–Trinajstić information content (AvgIpc) is 2.97. The van der Waals surface area contributed by atoms with Gasteiger partial charge in [0.05, 0.1) is 11.1 Å². The van der Waals surface area contributed by atoms with Crippen molar-refractivity contribution in [1.29, 1.82) is 0 Å². The van der Waals surface area contributed by atoms with Crippen molar-refractivity contribution in [3.8, 4) is 11.3 Å². The first-order valence-corrected chi connectivity index (χ1v) is 5.13. The van der Waals surface area contributed by atoms with Crippen LogP contribution in [-0.2, 0) is 0 Å². The summed E-state index contributed by atoms with van der Waals surface area (Å²) in [7, 11) is 0. The van der Waals surface area contributed by atoms with Gasteiger partial charge in [0.25, 0.3) is 0 Å². The van der Waals surface area contributed by atoms with Gasteiger partial charge in [0.2, 0.25) is 0 Å². The summed E-state index contributed by atoms with van der Waals surface area (Å²) < 4.78 is 19.0. The number of aromatic amines is 1. The second kappa shape index (κ2) is 3.69. The molecule has 0 aliphatic heterocycles. The van der Waals surface area contributed by atoms with Crippen LogP contribution in [0.25, 0.3) is 22.2 Å². The van der Waals surface area contributed by atoms with E-state index in [0.717, 1.165) is 5.39 Å². The van der Waals surface area contributed by atoms with Crippen LogP contribution >= 0.6 is 0 Å². The zero-order valence-corrected chi connectivity index (χ0v) is 8.98. The van der Waals surface area contributed by atoms with Crippen molar-refractivity contribution in [3.05, 3.63) is 42.0 Å². The van der Waals surface area contributed by atoms with E-state index in [1.54, 1.807) is 18.3 Å². The molecule has 5 nitrogen and oxygen atoms in total. The second-order valence-corrected chi connectivity index (χ2v) is 3.75. The van der Waals surface area contributed by atoms with Crippen molar-refractivity contribution < 1.29 is 18.8 Å². The largest absolute Gasteiger partial charge is 0.476 e. The normalized spacial score (nSPS) is 10.9. The topological polar surface area (TPSA) is 79.1 Å². The van der Waals surface area contributed by atoms with Crippen LogP contribution in [0.5, 0.6) is 0 Å². The molecule has 0 aliphatic rings. The molecule has 0 aliphatic carbocycles. The number of carboxylic acids is 1. The summed E-state index contributed by atoms with van der Waals surface area (Å²) in [6.07, 6.45) is 1.63. The zero-order valence-electron chi connectivity index (χ0n) is 8.98. The predicted octanol–water partition coefficient (Wildman–Crippen LogP) is 2.66. The fourth-order valence-electron chi connectivity index (χ4n) is 1.78. The van der Waals surface area contributed by atoms with E-state index in [9.17, 15) is 9.18 Å². The van der Waals surface area contributed by atoms with Crippen LogP contribution in [0.1, 0.15) is 10.5 Å². The Balaban J connectivity index is 2.18. The molecular formula is C12H7FN2O3. The minimum atomic E-state index is -1.22.